The van der Waals surface area contributed by atoms with E-state index in [9.17, 15) is 4.39 Å². The van der Waals surface area contributed by atoms with E-state index in [-0.39, 0.29) is 11.4 Å². The standard InChI is InChI=1S/C16H25FN2/c1-12-9-13(5-6-15(12)17)7-8-19(4)14-10-16(2,3)18-11-14/h5-6,9,14,18H,7-8,10-11H2,1-4H3. The molecule has 106 valence electrons. The summed E-state index contributed by atoms with van der Waals surface area (Å²) >= 11 is 0. The highest BCUT2D eigenvalue weighted by Gasteiger charge is 2.32. The molecule has 0 saturated carbocycles. The fourth-order valence-corrected chi connectivity index (χ4v) is 2.79. The maximum Gasteiger partial charge on any atom is 0.126 e. The van der Waals surface area contributed by atoms with Crippen LogP contribution >= 0.6 is 0 Å². The Morgan fingerprint density at radius 2 is 2.16 bits per heavy atom. The van der Waals surface area contributed by atoms with Crippen LogP contribution < -0.4 is 5.32 Å². The van der Waals surface area contributed by atoms with Gasteiger partial charge in [0.25, 0.3) is 0 Å². The average molecular weight is 264 g/mol. The van der Waals surface area contributed by atoms with Crippen LogP contribution in [0.1, 0.15) is 31.4 Å². The summed E-state index contributed by atoms with van der Waals surface area (Å²) in [5, 5.41) is 3.55. The van der Waals surface area contributed by atoms with Crippen molar-refractivity contribution in [2.24, 2.45) is 0 Å². The Labute approximate surface area is 116 Å². The second-order valence-corrected chi connectivity index (χ2v) is 6.44. The van der Waals surface area contributed by atoms with Crippen LogP contribution in [-0.4, -0.2) is 36.6 Å². The van der Waals surface area contributed by atoms with Gasteiger partial charge >= 0.3 is 0 Å². The molecular formula is C16H25FN2. The van der Waals surface area contributed by atoms with Gasteiger partial charge < -0.3 is 10.2 Å². The molecule has 0 spiro atoms. The van der Waals surface area contributed by atoms with Crippen molar-refractivity contribution in [3.63, 3.8) is 0 Å². The fourth-order valence-electron chi connectivity index (χ4n) is 2.79. The quantitative estimate of drug-likeness (QED) is 0.899. The van der Waals surface area contributed by atoms with Crippen LogP contribution in [0.15, 0.2) is 18.2 Å². The molecule has 0 radical (unpaired) electrons. The first-order chi connectivity index (χ1) is 8.87. The zero-order valence-corrected chi connectivity index (χ0v) is 12.5. The molecule has 1 N–H and O–H groups in total. The maximum absolute atomic E-state index is 13.2. The number of nitrogens with one attached hydrogen (secondary N) is 1. The first-order valence-corrected chi connectivity index (χ1v) is 7.08. The molecule has 1 atom stereocenters. The van der Waals surface area contributed by atoms with Gasteiger partial charge in [-0.1, -0.05) is 12.1 Å². The highest BCUT2D eigenvalue weighted by molar-refractivity contribution is 5.24. The van der Waals surface area contributed by atoms with E-state index in [1.54, 1.807) is 6.07 Å². The van der Waals surface area contributed by atoms with Crippen LogP contribution in [0.2, 0.25) is 0 Å². The van der Waals surface area contributed by atoms with Gasteiger partial charge in [-0.15, -0.1) is 0 Å². The van der Waals surface area contributed by atoms with Crippen LogP contribution in [0, 0.1) is 12.7 Å². The summed E-state index contributed by atoms with van der Waals surface area (Å²) in [6.07, 6.45) is 2.17. The zero-order chi connectivity index (χ0) is 14.0. The maximum atomic E-state index is 13.2. The lowest BCUT2D eigenvalue weighted by Gasteiger charge is -2.25. The van der Waals surface area contributed by atoms with Gasteiger partial charge in [-0.25, -0.2) is 4.39 Å². The second kappa shape index (κ2) is 5.59. The number of hydrogen-bond donors (Lipinski definition) is 1. The predicted molar refractivity (Wildman–Crippen MR) is 78.0 cm³/mol. The van der Waals surface area contributed by atoms with E-state index in [0.29, 0.717) is 6.04 Å². The van der Waals surface area contributed by atoms with Crippen molar-refractivity contribution >= 4 is 0 Å². The highest BCUT2D eigenvalue weighted by atomic mass is 19.1. The second-order valence-electron chi connectivity index (χ2n) is 6.44. The predicted octanol–water partition coefficient (Wildman–Crippen LogP) is 2.75. The van der Waals surface area contributed by atoms with E-state index >= 15 is 0 Å². The number of rotatable bonds is 4. The van der Waals surface area contributed by atoms with Gasteiger partial charge in [0.15, 0.2) is 0 Å². The van der Waals surface area contributed by atoms with E-state index in [4.69, 9.17) is 0 Å². The van der Waals surface area contributed by atoms with Crippen molar-refractivity contribution in [2.45, 2.75) is 45.2 Å². The van der Waals surface area contributed by atoms with E-state index in [1.165, 1.54) is 12.0 Å². The van der Waals surface area contributed by atoms with E-state index in [1.807, 2.05) is 19.1 Å². The Kier molecular flexibility index (Phi) is 4.26. The van der Waals surface area contributed by atoms with Gasteiger partial charge in [0.05, 0.1) is 0 Å². The molecule has 1 unspecified atom stereocenters. The van der Waals surface area contributed by atoms with Gasteiger partial charge in [0, 0.05) is 24.7 Å². The topological polar surface area (TPSA) is 15.3 Å². The van der Waals surface area contributed by atoms with Gasteiger partial charge in [-0.05, 0) is 57.9 Å². The van der Waals surface area contributed by atoms with E-state index < -0.39 is 0 Å². The first kappa shape index (κ1) is 14.5. The molecule has 0 aliphatic carbocycles. The Hall–Kier alpha value is -0.930. The molecule has 0 aromatic heterocycles. The molecule has 1 aromatic rings. The van der Waals surface area contributed by atoms with Gasteiger partial charge in [-0.3, -0.25) is 0 Å². The van der Waals surface area contributed by atoms with Crippen LogP contribution in [-0.2, 0) is 6.42 Å². The summed E-state index contributed by atoms with van der Waals surface area (Å²) < 4.78 is 13.2. The third kappa shape index (κ3) is 3.77. The van der Waals surface area contributed by atoms with E-state index in [2.05, 4.69) is 31.1 Å². The van der Waals surface area contributed by atoms with Crippen LogP contribution in [0.3, 0.4) is 0 Å². The molecule has 1 aliphatic heterocycles. The summed E-state index contributed by atoms with van der Waals surface area (Å²) in [6.45, 7) is 8.42. The summed E-state index contributed by atoms with van der Waals surface area (Å²) in [4.78, 5) is 2.42. The van der Waals surface area contributed by atoms with Crippen LogP contribution in [0.25, 0.3) is 0 Å². The van der Waals surface area contributed by atoms with Crippen molar-refractivity contribution in [3.8, 4) is 0 Å². The lowest BCUT2D eigenvalue weighted by Crippen LogP contribution is -2.34. The smallest absolute Gasteiger partial charge is 0.126 e. The largest absolute Gasteiger partial charge is 0.310 e. The minimum atomic E-state index is -0.112. The SMILES string of the molecule is Cc1cc(CCN(C)C2CNC(C)(C)C2)ccc1F. The molecule has 1 aromatic carbocycles. The zero-order valence-electron chi connectivity index (χ0n) is 12.5. The molecule has 1 saturated heterocycles. The molecule has 0 amide bonds. The third-order valence-corrected chi connectivity index (χ3v) is 4.16. The summed E-state index contributed by atoms with van der Waals surface area (Å²) in [5.74, 6) is -0.112. The number of aryl methyl sites for hydroxylation is 1. The minimum Gasteiger partial charge on any atom is -0.310 e. The lowest BCUT2D eigenvalue weighted by molar-refractivity contribution is 0.251. The van der Waals surface area contributed by atoms with Crippen molar-refractivity contribution in [2.75, 3.05) is 20.1 Å². The Balaban J connectivity index is 1.86. The molecule has 19 heavy (non-hydrogen) atoms. The fraction of sp³-hybridized carbons (Fsp3) is 0.625. The number of halogens is 1. The Bertz CT molecular complexity index is 442. The summed E-state index contributed by atoms with van der Waals surface area (Å²) in [5.41, 5.74) is 2.21. The average Bonchev–Trinajstić information content (AvgIpc) is 2.71. The molecule has 2 nitrogen and oxygen atoms in total. The first-order valence-electron chi connectivity index (χ1n) is 7.08. The molecule has 0 bridgehead atoms. The minimum absolute atomic E-state index is 0.112. The van der Waals surface area contributed by atoms with Crippen molar-refractivity contribution < 1.29 is 4.39 Å². The number of benzene rings is 1. The molecule has 2 rings (SSSR count). The molecule has 3 heteroatoms. The summed E-state index contributed by atoms with van der Waals surface area (Å²) in [6, 6.07) is 6.04. The van der Waals surface area contributed by atoms with Gasteiger partial charge in [0.1, 0.15) is 5.82 Å². The third-order valence-electron chi connectivity index (χ3n) is 4.16. The molecule has 1 fully saturated rings. The van der Waals surface area contributed by atoms with Crippen molar-refractivity contribution in [1.82, 2.24) is 10.2 Å². The number of nitrogens with zero attached hydrogens (tertiary/aromatic N) is 1. The van der Waals surface area contributed by atoms with E-state index in [0.717, 1.165) is 25.1 Å². The van der Waals surface area contributed by atoms with Gasteiger partial charge in [0.2, 0.25) is 0 Å². The molecule has 1 heterocycles. The van der Waals surface area contributed by atoms with Crippen molar-refractivity contribution in [1.29, 1.82) is 0 Å². The monoisotopic (exact) mass is 264 g/mol. The lowest BCUT2D eigenvalue weighted by atomic mass is 10.0. The molecule has 1 aliphatic rings. The highest BCUT2D eigenvalue weighted by Crippen LogP contribution is 2.21. The van der Waals surface area contributed by atoms with Crippen molar-refractivity contribution in [3.05, 3.63) is 35.1 Å². The normalized spacial score (nSPS) is 22.1. The van der Waals surface area contributed by atoms with Crippen LogP contribution in [0.4, 0.5) is 4.39 Å². The number of likely N-dealkylation sites (N-methyl/N-ethyl adjacent to an activating group) is 1. The summed E-state index contributed by atoms with van der Waals surface area (Å²) in [7, 11) is 2.18. The van der Waals surface area contributed by atoms with Gasteiger partial charge in [-0.2, -0.15) is 0 Å². The number of hydrogen-bond acceptors (Lipinski definition) is 2. The van der Waals surface area contributed by atoms with Crippen LogP contribution in [0.5, 0.6) is 0 Å². The Morgan fingerprint density at radius 3 is 2.74 bits per heavy atom. The Morgan fingerprint density at radius 1 is 1.42 bits per heavy atom. The molecular weight excluding hydrogens is 239 g/mol.